The number of aliphatic imine (C=N–C) groups is 1. The Morgan fingerprint density at radius 1 is 1.11 bits per heavy atom. The number of carbonyl (C=O) groups excluding carboxylic acids is 1. The van der Waals surface area contributed by atoms with Crippen molar-refractivity contribution in [2.24, 2.45) is 4.99 Å². The molecule has 3 N–H and O–H groups in total. The predicted molar refractivity (Wildman–Crippen MR) is 147 cm³/mol. The molecule has 1 fully saturated rings. The normalized spacial score (nSPS) is 16.6. The minimum atomic E-state index is -0.644. The lowest BCUT2D eigenvalue weighted by Crippen LogP contribution is -2.50. The highest BCUT2D eigenvalue weighted by Crippen LogP contribution is 2.36. The summed E-state index contributed by atoms with van der Waals surface area (Å²) in [5, 5.41) is 6.28. The summed E-state index contributed by atoms with van der Waals surface area (Å²) in [6, 6.07) is 12.0. The maximum atomic E-state index is 13.8. The fraction of sp³-hybridized carbons (Fsp3) is 0.533. The van der Waals surface area contributed by atoms with E-state index < -0.39 is 17.3 Å². The van der Waals surface area contributed by atoms with Crippen molar-refractivity contribution in [3.05, 3.63) is 71.3 Å². The third-order valence-electron chi connectivity index (χ3n) is 7.28. The maximum Gasteiger partial charge on any atom is 0.258 e. The first-order chi connectivity index (χ1) is 18.3. The highest BCUT2D eigenvalue weighted by Gasteiger charge is 2.44. The number of amides is 1. The van der Waals surface area contributed by atoms with Gasteiger partial charge in [0.2, 0.25) is 5.54 Å². The monoisotopic (exact) mass is 526 g/mol. The molecule has 8 heteroatoms. The van der Waals surface area contributed by atoms with Gasteiger partial charge in [0.1, 0.15) is 11.6 Å². The quantitative estimate of drug-likeness (QED) is 0.122. The lowest BCUT2D eigenvalue weighted by Gasteiger charge is -2.32. The van der Waals surface area contributed by atoms with Gasteiger partial charge in [0, 0.05) is 36.4 Å². The van der Waals surface area contributed by atoms with E-state index in [0.29, 0.717) is 18.9 Å². The summed E-state index contributed by atoms with van der Waals surface area (Å²) in [6.07, 6.45) is 8.11. The van der Waals surface area contributed by atoms with Gasteiger partial charge in [0.25, 0.3) is 5.91 Å². The predicted octanol–water partition coefficient (Wildman–Crippen LogP) is 6.90. The van der Waals surface area contributed by atoms with Crippen LogP contribution in [0.5, 0.6) is 0 Å². The van der Waals surface area contributed by atoms with Crippen molar-refractivity contribution in [2.75, 3.05) is 6.54 Å². The molecule has 0 radical (unpaired) electrons. The number of nitrogens with zero attached hydrogens (tertiary/aromatic N) is 2. The van der Waals surface area contributed by atoms with E-state index >= 15 is 0 Å². The lowest BCUT2D eigenvalue weighted by molar-refractivity contribution is -0.697. The maximum absolute atomic E-state index is 13.8. The topological polar surface area (TPSA) is 80.3 Å². The molecule has 0 aliphatic heterocycles. The number of unbranched alkanes of at least 4 members (excludes halogenated alkanes) is 1. The van der Waals surface area contributed by atoms with Crippen LogP contribution >= 0.6 is 0 Å². The van der Waals surface area contributed by atoms with Crippen LogP contribution in [0.4, 0.5) is 8.78 Å². The van der Waals surface area contributed by atoms with Crippen LogP contribution in [0.15, 0.2) is 53.5 Å². The Labute approximate surface area is 225 Å². The van der Waals surface area contributed by atoms with E-state index in [1.54, 1.807) is 22.9 Å². The Morgan fingerprint density at radius 2 is 1.82 bits per heavy atom. The van der Waals surface area contributed by atoms with Gasteiger partial charge in [-0.3, -0.25) is 10.1 Å². The molecule has 6 nitrogen and oxygen atoms in total. The molecular formula is C30H42F2N5O+. The molecule has 0 saturated heterocycles. The SMILES string of the molecule is CCCC[N+](=N)C(CCC)(CC(C)NC(=NC1CCCC1)NC(=O)c1cccc(F)c1)c1ccc(F)cc1. The standard InChI is InChI=1S/C30H41F2N5O/c1-4-6-19-37(33)30(18-5-2,24-14-16-25(31)17-15-24)21-22(3)34-29(35-27-12-7-8-13-27)36-28(38)23-10-9-11-26(32)20-23/h9-11,14-17,20,22,27,33H,4-8,12-13,18-19,21H2,1-3H3,(H-,34,35,36,38)/p+1. The molecule has 2 unspecified atom stereocenters. The first-order valence-corrected chi connectivity index (χ1v) is 13.9. The minimum Gasteiger partial charge on any atom is -0.353 e. The highest BCUT2D eigenvalue weighted by molar-refractivity contribution is 6.05. The Hall–Kier alpha value is -3.16. The first-order valence-electron chi connectivity index (χ1n) is 13.9. The number of hydrogen-bond acceptors (Lipinski definition) is 3. The Balaban J connectivity index is 1.88. The van der Waals surface area contributed by atoms with Gasteiger partial charge in [-0.05, 0) is 68.7 Å². The largest absolute Gasteiger partial charge is 0.353 e. The van der Waals surface area contributed by atoms with Crippen LogP contribution in [0.3, 0.4) is 0 Å². The van der Waals surface area contributed by atoms with Gasteiger partial charge in [-0.2, -0.15) is 0 Å². The smallest absolute Gasteiger partial charge is 0.258 e. The number of hydrogen-bond donors (Lipinski definition) is 3. The molecule has 1 aliphatic rings. The van der Waals surface area contributed by atoms with Crippen LogP contribution in [0.2, 0.25) is 0 Å². The summed E-state index contributed by atoms with van der Waals surface area (Å²) < 4.78 is 29.2. The summed E-state index contributed by atoms with van der Waals surface area (Å²) in [6.45, 7) is 6.81. The molecule has 2 atom stereocenters. The molecule has 38 heavy (non-hydrogen) atoms. The third kappa shape index (κ3) is 7.92. The van der Waals surface area contributed by atoms with Crippen molar-refractivity contribution in [1.29, 1.82) is 5.53 Å². The first kappa shape index (κ1) is 29.4. The minimum absolute atomic E-state index is 0.118. The second-order valence-corrected chi connectivity index (χ2v) is 10.4. The van der Waals surface area contributed by atoms with E-state index in [2.05, 4.69) is 24.5 Å². The molecule has 1 amide bonds. The van der Waals surface area contributed by atoms with Crippen molar-refractivity contribution in [1.82, 2.24) is 10.6 Å². The average molecular weight is 527 g/mol. The number of guanidine groups is 1. The summed E-state index contributed by atoms with van der Waals surface area (Å²) in [5.74, 6) is -0.835. The van der Waals surface area contributed by atoms with Crippen LogP contribution in [0.25, 0.3) is 0 Å². The molecule has 0 aromatic heterocycles. The summed E-state index contributed by atoms with van der Waals surface area (Å²) in [7, 11) is 0. The second-order valence-electron chi connectivity index (χ2n) is 10.4. The highest BCUT2D eigenvalue weighted by atomic mass is 19.1. The van der Waals surface area contributed by atoms with Crippen LogP contribution in [-0.4, -0.2) is 35.2 Å². The van der Waals surface area contributed by atoms with Gasteiger partial charge in [0.05, 0.1) is 6.04 Å². The molecular weight excluding hydrogens is 484 g/mol. The van der Waals surface area contributed by atoms with Crippen LogP contribution in [0.1, 0.15) is 94.5 Å². The Morgan fingerprint density at radius 3 is 2.45 bits per heavy atom. The number of rotatable bonds is 12. The van der Waals surface area contributed by atoms with Crippen molar-refractivity contribution >= 4 is 11.9 Å². The van der Waals surface area contributed by atoms with E-state index in [9.17, 15) is 13.6 Å². The van der Waals surface area contributed by atoms with E-state index in [4.69, 9.17) is 10.5 Å². The van der Waals surface area contributed by atoms with Crippen molar-refractivity contribution < 1.29 is 18.3 Å². The zero-order valence-electron chi connectivity index (χ0n) is 22.9. The number of benzene rings is 2. The molecule has 0 heterocycles. The Kier molecular flexibility index (Phi) is 10.9. The third-order valence-corrected chi connectivity index (χ3v) is 7.28. The molecule has 0 bridgehead atoms. The van der Waals surface area contributed by atoms with Crippen molar-refractivity contribution in [2.45, 2.75) is 96.2 Å². The molecule has 206 valence electrons. The molecule has 1 aliphatic carbocycles. The zero-order valence-corrected chi connectivity index (χ0v) is 22.9. The summed E-state index contributed by atoms with van der Waals surface area (Å²) >= 11 is 0. The lowest BCUT2D eigenvalue weighted by atomic mass is 9.79. The van der Waals surface area contributed by atoms with Gasteiger partial charge in [-0.15, -0.1) is 4.70 Å². The van der Waals surface area contributed by atoms with Crippen molar-refractivity contribution in [3.63, 3.8) is 0 Å². The van der Waals surface area contributed by atoms with Crippen LogP contribution in [-0.2, 0) is 5.54 Å². The number of halogens is 2. The number of carbonyl (C=O) groups is 1. The van der Waals surface area contributed by atoms with Gasteiger partial charge in [-0.25, -0.2) is 13.8 Å². The zero-order chi connectivity index (χ0) is 27.5. The molecule has 2 aromatic rings. The van der Waals surface area contributed by atoms with Gasteiger partial charge >= 0.3 is 0 Å². The van der Waals surface area contributed by atoms with E-state index in [1.165, 1.54) is 30.3 Å². The average Bonchev–Trinajstić information content (AvgIpc) is 3.40. The fourth-order valence-electron chi connectivity index (χ4n) is 5.39. The summed E-state index contributed by atoms with van der Waals surface area (Å²) in [5.41, 5.74) is 9.54. The van der Waals surface area contributed by atoms with E-state index in [1.807, 2.05) is 6.92 Å². The summed E-state index contributed by atoms with van der Waals surface area (Å²) in [4.78, 5) is 17.8. The van der Waals surface area contributed by atoms with Crippen LogP contribution < -0.4 is 10.6 Å². The molecule has 2 aromatic carbocycles. The Bertz CT molecular complexity index is 1100. The van der Waals surface area contributed by atoms with Gasteiger partial charge in [-0.1, -0.05) is 44.7 Å². The van der Waals surface area contributed by atoms with Crippen molar-refractivity contribution in [3.8, 4) is 0 Å². The fourth-order valence-corrected chi connectivity index (χ4v) is 5.39. The molecule has 1 saturated carbocycles. The number of nitrogens with one attached hydrogen (secondary N) is 3. The van der Waals surface area contributed by atoms with E-state index in [-0.39, 0.29) is 23.5 Å². The second kappa shape index (κ2) is 14.1. The van der Waals surface area contributed by atoms with E-state index in [0.717, 1.165) is 56.9 Å². The molecule has 0 spiro atoms. The van der Waals surface area contributed by atoms with Gasteiger partial charge < -0.3 is 5.32 Å². The van der Waals surface area contributed by atoms with Crippen LogP contribution in [0, 0.1) is 17.2 Å². The van der Waals surface area contributed by atoms with Gasteiger partial charge in [0.15, 0.2) is 12.5 Å². The molecule has 3 rings (SSSR count).